The minimum absolute atomic E-state index is 0.160. The Morgan fingerprint density at radius 3 is 2.85 bits per heavy atom. The summed E-state index contributed by atoms with van der Waals surface area (Å²) in [4.78, 5) is 14.7. The van der Waals surface area contributed by atoms with Gasteiger partial charge in [-0.15, -0.1) is 0 Å². The molecule has 0 bridgehead atoms. The molecule has 5 nitrogen and oxygen atoms in total. The molecular formula is C21H23N3O2. The molecule has 0 spiro atoms. The lowest BCUT2D eigenvalue weighted by Gasteiger charge is -2.23. The van der Waals surface area contributed by atoms with Crippen LogP contribution in [0.5, 0.6) is 0 Å². The largest absolute Gasteiger partial charge is 0.461 e. The van der Waals surface area contributed by atoms with Crippen LogP contribution in [0.3, 0.4) is 0 Å². The van der Waals surface area contributed by atoms with Crippen molar-refractivity contribution in [1.29, 1.82) is 0 Å². The van der Waals surface area contributed by atoms with Gasteiger partial charge in [0.1, 0.15) is 11.5 Å². The number of amides is 1. The Morgan fingerprint density at radius 1 is 1.23 bits per heavy atom. The van der Waals surface area contributed by atoms with Crippen LogP contribution in [0, 0.1) is 0 Å². The highest BCUT2D eigenvalue weighted by Crippen LogP contribution is 2.32. The van der Waals surface area contributed by atoms with Crippen molar-refractivity contribution in [3.05, 3.63) is 66.2 Å². The molecular weight excluding hydrogens is 326 g/mol. The molecule has 5 heteroatoms. The van der Waals surface area contributed by atoms with E-state index in [4.69, 9.17) is 4.42 Å². The first-order valence-electron chi connectivity index (χ1n) is 9.13. The third-order valence-corrected chi connectivity index (χ3v) is 4.99. The second-order valence-corrected chi connectivity index (χ2v) is 6.82. The molecule has 0 radical (unpaired) electrons. The minimum Gasteiger partial charge on any atom is -0.461 e. The van der Waals surface area contributed by atoms with E-state index in [0.29, 0.717) is 12.8 Å². The molecule has 1 aliphatic rings. The highest BCUT2D eigenvalue weighted by molar-refractivity contribution is 5.77. The van der Waals surface area contributed by atoms with Crippen LogP contribution in [0.2, 0.25) is 0 Å². The number of carbonyl (C=O) groups excluding carboxylic acids is 1. The van der Waals surface area contributed by atoms with Crippen LogP contribution in [-0.4, -0.2) is 27.1 Å². The lowest BCUT2D eigenvalue weighted by Crippen LogP contribution is -2.30. The van der Waals surface area contributed by atoms with Crippen molar-refractivity contribution in [2.75, 3.05) is 6.54 Å². The summed E-state index contributed by atoms with van der Waals surface area (Å²) in [7, 11) is 1.91. The van der Waals surface area contributed by atoms with E-state index in [0.717, 1.165) is 42.0 Å². The van der Waals surface area contributed by atoms with Crippen molar-refractivity contribution >= 4 is 5.91 Å². The predicted molar refractivity (Wildman–Crippen MR) is 99.4 cm³/mol. The Bertz CT molecular complexity index is 882. The highest BCUT2D eigenvalue weighted by Gasteiger charge is 2.30. The number of carbonyl (C=O) groups is 1. The van der Waals surface area contributed by atoms with Crippen molar-refractivity contribution < 1.29 is 9.21 Å². The van der Waals surface area contributed by atoms with Crippen LogP contribution < -0.4 is 0 Å². The Kier molecular flexibility index (Phi) is 4.61. The SMILES string of the molecule is Cn1cc(C2CCCN2C(=O)CCc2ccc(-c3ccccc3)o2)cn1. The van der Waals surface area contributed by atoms with Gasteiger partial charge < -0.3 is 9.32 Å². The van der Waals surface area contributed by atoms with Crippen molar-refractivity contribution in [3.8, 4) is 11.3 Å². The van der Waals surface area contributed by atoms with E-state index in [1.807, 2.05) is 66.8 Å². The molecule has 134 valence electrons. The smallest absolute Gasteiger partial charge is 0.223 e. The Balaban J connectivity index is 1.39. The van der Waals surface area contributed by atoms with Gasteiger partial charge in [0.2, 0.25) is 5.91 Å². The van der Waals surface area contributed by atoms with Crippen LogP contribution in [0.4, 0.5) is 0 Å². The van der Waals surface area contributed by atoms with Crippen LogP contribution in [0.25, 0.3) is 11.3 Å². The Hall–Kier alpha value is -2.82. The van der Waals surface area contributed by atoms with Crippen LogP contribution in [0.15, 0.2) is 59.3 Å². The topological polar surface area (TPSA) is 51.3 Å². The molecule has 0 saturated carbocycles. The second kappa shape index (κ2) is 7.20. The first kappa shape index (κ1) is 16.6. The number of rotatable bonds is 5. The molecule has 1 aromatic carbocycles. The number of likely N-dealkylation sites (tertiary alicyclic amines) is 1. The molecule has 1 unspecified atom stereocenters. The molecule has 1 aliphatic heterocycles. The Labute approximate surface area is 153 Å². The predicted octanol–water partition coefficient (Wildman–Crippen LogP) is 3.98. The lowest BCUT2D eigenvalue weighted by atomic mass is 10.1. The molecule has 1 saturated heterocycles. The van der Waals surface area contributed by atoms with Crippen LogP contribution in [0.1, 0.15) is 36.6 Å². The van der Waals surface area contributed by atoms with E-state index < -0.39 is 0 Å². The summed E-state index contributed by atoms with van der Waals surface area (Å²) in [5.74, 6) is 1.89. The number of hydrogen-bond acceptors (Lipinski definition) is 3. The zero-order chi connectivity index (χ0) is 17.9. The highest BCUT2D eigenvalue weighted by atomic mass is 16.3. The fraction of sp³-hybridized carbons (Fsp3) is 0.333. The van der Waals surface area contributed by atoms with Gasteiger partial charge in [0, 0.05) is 43.8 Å². The van der Waals surface area contributed by atoms with E-state index >= 15 is 0 Å². The molecule has 2 aromatic heterocycles. The van der Waals surface area contributed by atoms with Gasteiger partial charge in [0.25, 0.3) is 0 Å². The molecule has 3 heterocycles. The molecule has 1 atom stereocenters. The quantitative estimate of drug-likeness (QED) is 0.700. The number of hydrogen-bond donors (Lipinski definition) is 0. The standard InChI is InChI=1S/C21H23N3O2/c1-23-15-17(14-22-23)19-8-5-13-24(19)21(25)12-10-18-9-11-20(26-18)16-6-3-2-4-7-16/h2-4,6-7,9,11,14-15,19H,5,8,10,12-13H2,1H3. The van der Waals surface area contributed by atoms with Crippen LogP contribution in [-0.2, 0) is 18.3 Å². The molecule has 3 aromatic rings. The van der Waals surface area contributed by atoms with Crippen molar-refractivity contribution in [1.82, 2.24) is 14.7 Å². The first-order valence-corrected chi connectivity index (χ1v) is 9.13. The van der Waals surface area contributed by atoms with Gasteiger partial charge in [0.05, 0.1) is 12.2 Å². The monoisotopic (exact) mass is 349 g/mol. The number of nitrogens with zero attached hydrogens (tertiary/aromatic N) is 3. The zero-order valence-corrected chi connectivity index (χ0v) is 15.0. The molecule has 1 fully saturated rings. The van der Waals surface area contributed by atoms with Gasteiger partial charge >= 0.3 is 0 Å². The van der Waals surface area contributed by atoms with Crippen molar-refractivity contribution in [2.24, 2.45) is 7.05 Å². The van der Waals surface area contributed by atoms with Gasteiger partial charge in [-0.2, -0.15) is 5.10 Å². The minimum atomic E-state index is 0.160. The summed E-state index contributed by atoms with van der Waals surface area (Å²) < 4.78 is 7.71. The van der Waals surface area contributed by atoms with Gasteiger partial charge in [-0.3, -0.25) is 9.48 Å². The summed E-state index contributed by atoms with van der Waals surface area (Å²) >= 11 is 0. The van der Waals surface area contributed by atoms with E-state index in [1.165, 1.54) is 0 Å². The average molecular weight is 349 g/mol. The second-order valence-electron chi connectivity index (χ2n) is 6.82. The molecule has 26 heavy (non-hydrogen) atoms. The van der Waals surface area contributed by atoms with Gasteiger partial charge in [0.15, 0.2) is 0 Å². The van der Waals surface area contributed by atoms with E-state index in [1.54, 1.807) is 4.68 Å². The number of aromatic nitrogens is 2. The maximum atomic E-state index is 12.7. The van der Waals surface area contributed by atoms with Gasteiger partial charge in [-0.05, 0) is 25.0 Å². The van der Waals surface area contributed by atoms with E-state index in [9.17, 15) is 4.79 Å². The summed E-state index contributed by atoms with van der Waals surface area (Å²) in [6.07, 6.45) is 7.03. The van der Waals surface area contributed by atoms with Crippen LogP contribution >= 0.6 is 0 Å². The fourth-order valence-electron chi connectivity index (χ4n) is 3.67. The van der Waals surface area contributed by atoms with Crippen molar-refractivity contribution in [3.63, 3.8) is 0 Å². The molecule has 1 amide bonds. The molecule has 0 aliphatic carbocycles. The molecule has 0 N–H and O–H groups in total. The normalized spacial score (nSPS) is 17.0. The zero-order valence-electron chi connectivity index (χ0n) is 15.0. The summed E-state index contributed by atoms with van der Waals surface area (Å²) in [5.41, 5.74) is 2.18. The van der Waals surface area contributed by atoms with E-state index in [-0.39, 0.29) is 11.9 Å². The number of aryl methyl sites for hydroxylation is 2. The number of furan rings is 1. The van der Waals surface area contributed by atoms with Gasteiger partial charge in [-0.25, -0.2) is 0 Å². The summed E-state index contributed by atoms with van der Waals surface area (Å²) in [6, 6.07) is 14.1. The van der Waals surface area contributed by atoms with Gasteiger partial charge in [-0.1, -0.05) is 30.3 Å². The third-order valence-electron chi connectivity index (χ3n) is 4.99. The summed E-state index contributed by atoms with van der Waals surface area (Å²) in [5, 5.41) is 4.24. The van der Waals surface area contributed by atoms with Crippen molar-refractivity contribution in [2.45, 2.75) is 31.7 Å². The average Bonchev–Trinajstić information content (AvgIpc) is 3.40. The number of benzene rings is 1. The van der Waals surface area contributed by atoms with E-state index in [2.05, 4.69) is 5.10 Å². The Morgan fingerprint density at radius 2 is 2.08 bits per heavy atom. The fourth-order valence-corrected chi connectivity index (χ4v) is 3.67. The first-order chi connectivity index (χ1) is 12.7. The lowest BCUT2D eigenvalue weighted by molar-refractivity contribution is -0.132. The third kappa shape index (κ3) is 3.43. The maximum Gasteiger partial charge on any atom is 0.223 e. The summed E-state index contributed by atoms with van der Waals surface area (Å²) in [6.45, 7) is 0.825. The maximum absolute atomic E-state index is 12.7. The molecule has 4 rings (SSSR count).